The van der Waals surface area contributed by atoms with Gasteiger partial charge in [-0.3, -0.25) is 9.48 Å². The number of halogens is 3. The molecule has 3 rings (SSSR count). The summed E-state index contributed by atoms with van der Waals surface area (Å²) in [6.07, 6.45) is 3.16. The summed E-state index contributed by atoms with van der Waals surface area (Å²) in [6, 6.07) is 14.0. The highest BCUT2D eigenvalue weighted by Crippen LogP contribution is 2.25. The minimum Gasteiger partial charge on any atom is -0.434 e. The molecule has 0 bridgehead atoms. The van der Waals surface area contributed by atoms with Crippen LogP contribution < -0.4 is 10.1 Å². The highest BCUT2D eigenvalue weighted by molar-refractivity contribution is 9.10. The van der Waals surface area contributed by atoms with Gasteiger partial charge in [-0.25, -0.2) is 0 Å². The van der Waals surface area contributed by atoms with Crippen molar-refractivity contribution in [3.05, 3.63) is 76.5 Å². The number of aromatic nitrogens is 2. The van der Waals surface area contributed by atoms with Crippen LogP contribution in [0, 0.1) is 0 Å². The van der Waals surface area contributed by atoms with E-state index in [9.17, 15) is 13.6 Å². The van der Waals surface area contributed by atoms with Crippen LogP contribution in [0.1, 0.15) is 15.9 Å². The normalized spacial score (nSPS) is 10.8. The van der Waals surface area contributed by atoms with Gasteiger partial charge in [0.1, 0.15) is 5.75 Å². The Balaban J connectivity index is 1.73. The van der Waals surface area contributed by atoms with E-state index in [1.165, 1.54) is 24.4 Å². The van der Waals surface area contributed by atoms with Gasteiger partial charge >= 0.3 is 6.61 Å². The van der Waals surface area contributed by atoms with Crippen molar-refractivity contribution < 1.29 is 18.3 Å². The van der Waals surface area contributed by atoms with Crippen LogP contribution in [0.2, 0.25) is 0 Å². The average Bonchev–Trinajstić information content (AvgIpc) is 3.03. The lowest BCUT2D eigenvalue weighted by Crippen LogP contribution is -2.15. The van der Waals surface area contributed by atoms with E-state index in [1.807, 2.05) is 30.3 Å². The first-order chi connectivity index (χ1) is 12.5. The third kappa shape index (κ3) is 4.66. The van der Waals surface area contributed by atoms with Crippen LogP contribution in [0.25, 0.3) is 0 Å². The van der Waals surface area contributed by atoms with Crippen molar-refractivity contribution in [2.75, 3.05) is 5.32 Å². The molecule has 0 saturated heterocycles. The van der Waals surface area contributed by atoms with Crippen LogP contribution in [-0.4, -0.2) is 22.3 Å². The fourth-order valence-corrected chi connectivity index (χ4v) is 2.72. The molecule has 1 amide bonds. The van der Waals surface area contributed by atoms with Crippen LogP contribution in [0.4, 0.5) is 14.5 Å². The van der Waals surface area contributed by atoms with Crippen molar-refractivity contribution in [2.24, 2.45) is 0 Å². The average molecular weight is 422 g/mol. The summed E-state index contributed by atoms with van der Waals surface area (Å²) in [4.78, 5) is 12.4. The van der Waals surface area contributed by atoms with Crippen LogP contribution in [0.5, 0.6) is 5.75 Å². The van der Waals surface area contributed by atoms with E-state index in [0.717, 1.165) is 5.56 Å². The number of benzene rings is 2. The zero-order valence-corrected chi connectivity index (χ0v) is 15.0. The number of nitrogens with zero attached hydrogens (tertiary/aromatic N) is 2. The summed E-state index contributed by atoms with van der Waals surface area (Å²) in [5.74, 6) is -0.765. The molecule has 1 aromatic heterocycles. The second-order valence-corrected chi connectivity index (χ2v) is 6.30. The van der Waals surface area contributed by atoms with Gasteiger partial charge < -0.3 is 10.1 Å². The van der Waals surface area contributed by atoms with E-state index in [4.69, 9.17) is 0 Å². The van der Waals surface area contributed by atoms with Gasteiger partial charge in [0, 0.05) is 10.7 Å². The Morgan fingerprint density at radius 2 is 2.00 bits per heavy atom. The van der Waals surface area contributed by atoms with E-state index in [-0.39, 0.29) is 11.3 Å². The van der Waals surface area contributed by atoms with Gasteiger partial charge in [0.2, 0.25) is 0 Å². The molecular weight excluding hydrogens is 408 g/mol. The van der Waals surface area contributed by atoms with Crippen molar-refractivity contribution in [1.29, 1.82) is 0 Å². The number of alkyl halides is 2. The highest BCUT2D eigenvalue weighted by atomic mass is 79.9. The van der Waals surface area contributed by atoms with E-state index >= 15 is 0 Å². The van der Waals surface area contributed by atoms with Crippen LogP contribution in [0.3, 0.4) is 0 Å². The lowest BCUT2D eigenvalue weighted by molar-refractivity contribution is -0.0501. The molecule has 3 aromatic rings. The Bertz CT molecular complexity index is 900. The molecular formula is C18H14BrF2N3O2. The van der Waals surface area contributed by atoms with Crippen molar-refractivity contribution in [2.45, 2.75) is 13.2 Å². The molecule has 1 heterocycles. The fraction of sp³-hybridized carbons (Fsp3) is 0.111. The summed E-state index contributed by atoms with van der Waals surface area (Å²) >= 11 is 3.22. The van der Waals surface area contributed by atoms with Gasteiger partial charge in [0.05, 0.1) is 24.0 Å². The number of rotatable bonds is 6. The summed E-state index contributed by atoms with van der Waals surface area (Å²) in [6.45, 7) is -2.47. The number of ether oxygens (including phenoxy) is 1. The smallest absolute Gasteiger partial charge is 0.387 e. The molecule has 5 nitrogen and oxygen atoms in total. The summed E-state index contributed by atoms with van der Waals surface area (Å²) < 4.78 is 31.7. The molecule has 0 aliphatic heterocycles. The first-order valence-corrected chi connectivity index (χ1v) is 8.42. The fourth-order valence-electron chi connectivity index (χ4n) is 2.36. The van der Waals surface area contributed by atoms with Gasteiger partial charge in [-0.1, -0.05) is 46.3 Å². The lowest BCUT2D eigenvalue weighted by atomic mass is 10.2. The largest absolute Gasteiger partial charge is 0.434 e. The molecule has 0 aliphatic carbocycles. The monoisotopic (exact) mass is 421 g/mol. The molecule has 134 valence electrons. The van der Waals surface area contributed by atoms with Crippen molar-refractivity contribution >= 4 is 27.5 Å². The maximum atomic E-state index is 12.5. The molecule has 26 heavy (non-hydrogen) atoms. The highest BCUT2D eigenvalue weighted by Gasteiger charge is 2.17. The summed E-state index contributed by atoms with van der Waals surface area (Å²) in [5.41, 5.74) is 1.51. The first-order valence-electron chi connectivity index (χ1n) is 7.63. The van der Waals surface area contributed by atoms with Gasteiger partial charge in [-0.15, -0.1) is 0 Å². The molecule has 0 aliphatic rings. The Kier molecular flexibility index (Phi) is 5.62. The molecule has 2 aromatic carbocycles. The Morgan fingerprint density at radius 3 is 2.73 bits per heavy atom. The second-order valence-electron chi connectivity index (χ2n) is 5.39. The maximum absolute atomic E-state index is 12.5. The molecule has 0 unspecified atom stereocenters. The first kappa shape index (κ1) is 18.1. The Morgan fingerprint density at radius 1 is 1.23 bits per heavy atom. The molecule has 8 heteroatoms. The number of nitrogens with one attached hydrogen (secondary N) is 1. The number of amides is 1. The summed E-state index contributed by atoms with van der Waals surface area (Å²) in [7, 11) is 0. The zero-order chi connectivity index (χ0) is 18.5. The number of carbonyl (C=O) groups excluding carboxylic acids is 1. The van der Waals surface area contributed by atoms with Crippen LogP contribution >= 0.6 is 15.9 Å². The minimum absolute atomic E-state index is 0.00418. The quantitative estimate of drug-likeness (QED) is 0.635. The van der Waals surface area contributed by atoms with Crippen molar-refractivity contribution in [1.82, 2.24) is 9.78 Å². The predicted octanol–water partition coefficient (Wildman–Crippen LogP) is 4.55. The number of carbonyl (C=O) groups is 1. The van der Waals surface area contributed by atoms with Gasteiger partial charge in [0.25, 0.3) is 5.91 Å². The standard InChI is InChI=1S/C18H14BrF2N3O2/c19-13-6-7-16(26-18(20)21)15(8-13)17(25)23-14-9-22-24(11-14)10-12-4-2-1-3-5-12/h1-9,11,18H,10H2,(H,23,25). The SMILES string of the molecule is O=C(Nc1cnn(Cc2ccccc2)c1)c1cc(Br)ccc1OC(F)F. The second kappa shape index (κ2) is 8.09. The number of hydrogen-bond acceptors (Lipinski definition) is 3. The van der Waals surface area contributed by atoms with Crippen molar-refractivity contribution in [3.8, 4) is 5.75 Å². The molecule has 0 radical (unpaired) electrons. The topological polar surface area (TPSA) is 56.2 Å². The zero-order valence-electron chi connectivity index (χ0n) is 13.4. The summed E-state index contributed by atoms with van der Waals surface area (Å²) in [5, 5.41) is 6.83. The van der Waals surface area contributed by atoms with Crippen LogP contribution in [-0.2, 0) is 6.54 Å². The molecule has 1 N–H and O–H groups in total. The van der Waals surface area contributed by atoms with E-state index < -0.39 is 12.5 Å². The van der Waals surface area contributed by atoms with E-state index in [0.29, 0.717) is 16.7 Å². The lowest BCUT2D eigenvalue weighted by Gasteiger charge is -2.10. The maximum Gasteiger partial charge on any atom is 0.387 e. The number of anilines is 1. The molecule has 0 spiro atoms. The van der Waals surface area contributed by atoms with E-state index in [2.05, 4.69) is 31.1 Å². The van der Waals surface area contributed by atoms with Crippen molar-refractivity contribution in [3.63, 3.8) is 0 Å². The Labute approximate surface area is 156 Å². The predicted molar refractivity (Wildman–Crippen MR) is 96.5 cm³/mol. The molecule has 0 saturated carbocycles. The third-order valence-corrected chi connectivity index (χ3v) is 3.97. The van der Waals surface area contributed by atoms with E-state index in [1.54, 1.807) is 10.9 Å². The minimum atomic E-state index is -3.02. The van der Waals surface area contributed by atoms with Gasteiger partial charge in [-0.2, -0.15) is 13.9 Å². The molecule has 0 atom stereocenters. The van der Waals surface area contributed by atoms with Gasteiger partial charge in [-0.05, 0) is 23.8 Å². The number of hydrogen-bond donors (Lipinski definition) is 1. The third-order valence-electron chi connectivity index (χ3n) is 3.48. The Hall–Kier alpha value is -2.74. The van der Waals surface area contributed by atoms with Gasteiger partial charge in [0.15, 0.2) is 0 Å². The van der Waals surface area contributed by atoms with Crippen LogP contribution in [0.15, 0.2) is 65.4 Å². The molecule has 0 fully saturated rings.